The Morgan fingerprint density at radius 2 is 1.27 bits per heavy atom. The van der Waals surface area contributed by atoms with E-state index >= 15 is 0 Å². The van der Waals surface area contributed by atoms with Gasteiger partial charge in [0.25, 0.3) is 0 Å². The minimum absolute atomic E-state index is 0.0626. The fourth-order valence-corrected chi connectivity index (χ4v) is 5.98. The summed E-state index contributed by atoms with van der Waals surface area (Å²) in [4.78, 5) is 58.8. The predicted octanol–water partition coefficient (Wildman–Crippen LogP) is 4.76. The standard InChI is InChI=1S/C35H37N5O4/c41-32(22-26-4-1-19-36-23-26)39-20-2-5-30(39)33(42)37-28-15-9-24(10-16-28)7-8-25-11-17-29(18-12-25)38-34(43)31-6-3-21-40(31)35(44)27-13-14-27/h1,4,7-12,15-19,23,27,30-31H,2-3,5-6,13-14,20-22H2,(H,37,42)(H,38,43)/t30-,31-/m0/s1. The Bertz CT molecular complexity index is 1530. The Balaban J connectivity index is 0.993. The van der Waals surface area contributed by atoms with E-state index in [1.807, 2.05) is 66.7 Å². The van der Waals surface area contributed by atoms with Crippen LogP contribution in [0.15, 0.2) is 73.1 Å². The smallest absolute Gasteiger partial charge is 0.247 e. The molecular formula is C35H37N5O4. The first-order valence-electron chi connectivity index (χ1n) is 15.4. The molecule has 44 heavy (non-hydrogen) atoms. The summed E-state index contributed by atoms with van der Waals surface area (Å²) in [6, 6.07) is 18.0. The third-order valence-electron chi connectivity index (χ3n) is 8.54. The van der Waals surface area contributed by atoms with E-state index in [2.05, 4.69) is 15.6 Å². The number of nitrogens with zero attached hydrogens (tertiary/aromatic N) is 3. The molecule has 1 aliphatic carbocycles. The zero-order chi connectivity index (χ0) is 30.5. The number of hydrogen-bond donors (Lipinski definition) is 2. The Morgan fingerprint density at radius 3 is 1.80 bits per heavy atom. The molecule has 226 valence electrons. The van der Waals surface area contributed by atoms with Crippen LogP contribution in [0.3, 0.4) is 0 Å². The first kappa shape index (κ1) is 29.3. The number of aromatic nitrogens is 1. The second-order valence-corrected chi connectivity index (χ2v) is 11.8. The summed E-state index contributed by atoms with van der Waals surface area (Å²) in [7, 11) is 0. The molecular weight excluding hydrogens is 554 g/mol. The summed E-state index contributed by atoms with van der Waals surface area (Å²) >= 11 is 0. The second-order valence-electron chi connectivity index (χ2n) is 11.8. The van der Waals surface area contributed by atoms with Crippen LogP contribution in [0.25, 0.3) is 12.2 Å². The van der Waals surface area contributed by atoms with Gasteiger partial charge in [-0.3, -0.25) is 24.2 Å². The van der Waals surface area contributed by atoms with Gasteiger partial charge in [0.2, 0.25) is 23.6 Å². The van der Waals surface area contributed by atoms with Gasteiger partial charge in [0.15, 0.2) is 0 Å². The number of carbonyl (C=O) groups excluding carboxylic acids is 4. The SMILES string of the molecule is O=C(Nc1ccc(C=Cc2ccc(NC(=O)[C@@H]3CCCN3C(=O)C3CC3)cc2)cc1)[C@@H]1CCCN1C(=O)Cc1cccnc1. The Labute approximate surface area is 257 Å². The number of likely N-dealkylation sites (tertiary alicyclic amines) is 2. The number of pyridine rings is 1. The molecule has 9 heteroatoms. The third-order valence-corrected chi connectivity index (χ3v) is 8.54. The highest BCUT2D eigenvalue weighted by atomic mass is 16.2. The highest BCUT2D eigenvalue weighted by molar-refractivity contribution is 5.99. The van der Waals surface area contributed by atoms with Crippen molar-refractivity contribution in [1.29, 1.82) is 0 Å². The van der Waals surface area contributed by atoms with Gasteiger partial charge in [-0.25, -0.2) is 0 Å². The Morgan fingerprint density at radius 1 is 0.727 bits per heavy atom. The van der Waals surface area contributed by atoms with Crippen LogP contribution in [0, 0.1) is 5.92 Å². The zero-order valence-corrected chi connectivity index (χ0v) is 24.7. The van der Waals surface area contributed by atoms with E-state index in [9.17, 15) is 19.2 Å². The van der Waals surface area contributed by atoms with Crippen molar-refractivity contribution in [3.8, 4) is 0 Å². The van der Waals surface area contributed by atoms with E-state index < -0.39 is 6.04 Å². The molecule has 3 aliphatic rings. The van der Waals surface area contributed by atoms with Crippen molar-refractivity contribution in [2.75, 3.05) is 23.7 Å². The maximum atomic E-state index is 13.0. The van der Waals surface area contributed by atoms with Crippen LogP contribution in [0.1, 0.15) is 55.2 Å². The van der Waals surface area contributed by atoms with Gasteiger partial charge in [-0.2, -0.15) is 0 Å². The molecule has 2 aromatic carbocycles. The molecule has 9 nitrogen and oxygen atoms in total. The molecule has 3 fully saturated rings. The fourth-order valence-electron chi connectivity index (χ4n) is 5.98. The topological polar surface area (TPSA) is 112 Å². The number of nitrogens with one attached hydrogen (secondary N) is 2. The molecule has 2 aliphatic heterocycles. The average Bonchev–Trinajstić information content (AvgIpc) is 3.55. The monoisotopic (exact) mass is 591 g/mol. The first-order valence-corrected chi connectivity index (χ1v) is 15.4. The average molecular weight is 592 g/mol. The van der Waals surface area contributed by atoms with Crippen LogP contribution in [-0.4, -0.2) is 63.6 Å². The minimum atomic E-state index is -0.478. The quantitative estimate of drug-likeness (QED) is 0.349. The normalized spacial score (nSPS) is 19.7. The maximum Gasteiger partial charge on any atom is 0.247 e. The second kappa shape index (κ2) is 13.2. The van der Waals surface area contributed by atoms with Crippen LogP contribution in [-0.2, 0) is 25.6 Å². The molecule has 1 aromatic heterocycles. The van der Waals surface area contributed by atoms with E-state index in [-0.39, 0.29) is 42.0 Å². The number of anilines is 2. The molecule has 4 amide bonds. The molecule has 0 unspecified atom stereocenters. The van der Waals surface area contributed by atoms with Gasteiger partial charge in [-0.15, -0.1) is 0 Å². The summed E-state index contributed by atoms with van der Waals surface area (Å²) in [5.41, 5.74) is 4.17. The maximum absolute atomic E-state index is 13.0. The molecule has 0 radical (unpaired) electrons. The van der Waals surface area contributed by atoms with Gasteiger partial charge in [-0.1, -0.05) is 42.5 Å². The molecule has 0 spiro atoms. The summed E-state index contributed by atoms with van der Waals surface area (Å²) in [6.07, 6.45) is 12.4. The van der Waals surface area contributed by atoms with Gasteiger partial charge in [0, 0.05) is 42.8 Å². The molecule has 6 rings (SSSR count). The van der Waals surface area contributed by atoms with E-state index in [1.165, 1.54) is 0 Å². The van der Waals surface area contributed by atoms with Crippen molar-refractivity contribution in [1.82, 2.24) is 14.8 Å². The summed E-state index contributed by atoms with van der Waals surface area (Å²) < 4.78 is 0. The lowest BCUT2D eigenvalue weighted by Crippen LogP contribution is -2.43. The molecule has 3 aromatic rings. The third kappa shape index (κ3) is 7.05. The largest absolute Gasteiger partial charge is 0.330 e. The van der Waals surface area contributed by atoms with Crippen LogP contribution >= 0.6 is 0 Å². The summed E-state index contributed by atoms with van der Waals surface area (Å²) in [5, 5.41) is 5.94. The highest BCUT2D eigenvalue weighted by Gasteiger charge is 2.41. The fraction of sp³-hybridized carbons (Fsp3) is 0.343. The van der Waals surface area contributed by atoms with E-state index in [1.54, 1.807) is 28.3 Å². The van der Waals surface area contributed by atoms with Crippen LogP contribution < -0.4 is 10.6 Å². The van der Waals surface area contributed by atoms with E-state index in [0.717, 1.165) is 42.4 Å². The van der Waals surface area contributed by atoms with Gasteiger partial charge in [-0.05, 0) is 85.5 Å². The molecule has 1 saturated carbocycles. The van der Waals surface area contributed by atoms with E-state index in [4.69, 9.17) is 0 Å². The first-order chi connectivity index (χ1) is 21.4. The van der Waals surface area contributed by atoms with Gasteiger partial charge in [0.1, 0.15) is 12.1 Å². The van der Waals surface area contributed by atoms with Crippen molar-refractivity contribution >= 4 is 47.2 Å². The van der Waals surface area contributed by atoms with Crippen LogP contribution in [0.2, 0.25) is 0 Å². The number of carbonyl (C=O) groups is 4. The summed E-state index contributed by atoms with van der Waals surface area (Å²) in [5.74, 6) is -0.111. The number of hydrogen-bond acceptors (Lipinski definition) is 5. The predicted molar refractivity (Wildman–Crippen MR) is 169 cm³/mol. The van der Waals surface area contributed by atoms with E-state index in [0.29, 0.717) is 37.3 Å². The molecule has 3 heterocycles. The van der Waals surface area contributed by atoms with Crippen molar-refractivity contribution in [3.63, 3.8) is 0 Å². The molecule has 2 atom stereocenters. The van der Waals surface area contributed by atoms with Crippen LogP contribution in [0.5, 0.6) is 0 Å². The number of amides is 4. The van der Waals surface area contributed by atoms with Crippen molar-refractivity contribution in [2.45, 2.75) is 57.0 Å². The summed E-state index contributed by atoms with van der Waals surface area (Å²) in [6.45, 7) is 1.24. The van der Waals surface area contributed by atoms with Crippen molar-refractivity contribution in [2.24, 2.45) is 5.92 Å². The highest BCUT2D eigenvalue weighted by Crippen LogP contribution is 2.34. The molecule has 2 saturated heterocycles. The zero-order valence-electron chi connectivity index (χ0n) is 24.7. The van der Waals surface area contributed by atoms with Gasteiger partial charge < -0.3 is 20.4 Å². The van der Waals surface area contributed by atoms with Gasteiger partial charge in [0.05, 0.1) is 6.42 Å². The van der Waals surface area contributed by atoms with Crippen molar-refractivity contribution < 1.29 is 19.2 Å². The lowest BCUT2D eigenvalue weighted by molar-refractivity contribution is -0.137. The molecule has 2 N–H and O–H groups in total. The Hall–Kier alpha value is -4.79. The minimum Gasteiger partial charge on any atom is -0.330 e. The number of rotatable bonds is 9. The van der Waals surface area contributed by atoms with Gasteiger partial charge >= 0.3 is 0 Å². The number of benzene rings is 2. The lowest BCUT2D eigenvalue weighted by atomic mass is 10.1. The Kier molecular flexibility index (Phi) is 8.81. The van der Waals surface area contributed by atoms with Crippen LogP contribution in [0.4, 0.5) is 11.4 Å². The lowest BCUT2D eigenvalue weighted by Gasteiger charge is -2.24. The van der Waals surface area contributed by atoms with Crippen molar-refractivity contribution in [3.05, 3.63) is 89.7 Å². The molecule has 0 bridgehead atoms.